The second-order valence-corrected chi connectivity index (χ2v) is 6.29. The van der Waals surface area contributed by atoms with Gasteiger partial charge in [0.1, 0.15) is 24.1 Å². The molecule has 0 fully saturated rings. The Morgan fingerprint density at radius 2 is 2.00 bits per heavy atom. The molecule has 3 aromatic rings. The van der Waals surface area contributed by atoms with Crippen molar-refractivity contribution < 1.29 is 18.3 Å². The molecule has 4 rings (SSSR count). The van der Waals surface area contributed by atoms with Crippen LogP contribution in [0, 0.1) is 5.82 Å². The monoisotopic (exact) mass is 395 g/mol. The molecule has 0 radical (unpaired) electrons. The quantitative estimate of drug-likeness (QED) is 0.698. The minimum absolute atomic E-state index is 0.0103. The van der Waals surface area contributed by atoms with Crippen molar-refractivity contribution in [2.75, 3.05) is 16.9 Å². The van der Waals surface area contributed by atoms with Gasteiger partial charge < -0.3 is 25.5 Å². The molecule has 4 N–H and O–H groups in total. The number of amides is 2. The zero-order valence-electron chi connectivity index (χ0n) is 15.4. The largest absolute Gasteiger partial charge is 0.497 e. The fraction of sp³-hybridized carbons (Fsp3) is 0.100. The Labute approximate surface area is 165 Å². The van der Waals surface area contributed by atoms with Gasteiger partial charge in [0, 0.05) is 11.8 Å². The number of hydrogen-bond donors (Lipinski definition) is 2. The lowest BCUT2D eigenvalue weighted by atomic mass is 10.1. The lowest BCUT2D eigenvalue weighted by molar-refractivity contribution is 0.256. The van der Waals surface area contributed by atoms with Crippen LogP contribution in [0.25, 0.3) is 0 Å². The van der Waals surface area contributed by atoms with Crippen LogP contribution in [0.1, 0.15) is 11.7 Å². The van der Waals surface area contributed by atoms with Crippen LogP contribution in [0.15, 0.2) is 64.2 Å². The third kappa shape index (κ3) is 3.27. The predicted molar refractivity (Wildman–Crippen MR) is 107 cm³/mol. The van der Waals surface area contributed by atoms with Gasteiger partial charge in [-0.25, -0.2) is 14.2 Å². The molecule has 0 bridgehead atoms. The molecular formula is C20H18FN5O3. The average molecular weight is 395 g/mol. The number of benzene rings is 2. The second-order valence-electron chi connectivity index (χ2n) is 6.29. The van der Waals surface area contributed by atoms with Gasteiger partial charge in [-0.15, -0.1) is 0 Å². The summed E-state index contributed by atoms with van der Waals surface area (Å²) < 4.78 is 24.8. The number of primary amides is 1. The molecule has 148 valence electrons. The van der Waals surface area contributed by atoms with Crippen molar-refractivity contribution in [1.29, 1.82) is 0 Å². The zero-order chi connectivity index (χ0) is 20.5. The molecule has 0 spiro atoms. The second kappa shape index (κ2) is 7.28. The molecule has 2 heterocycles. The fourth-order valence-corrected chi connectivity index (χ4v) is 3.15. The van der Waals surface area contributed by atoms with Crippen molar-refractivity contribution in [2.24, 2.45) is 16.5 Å². The molecule has 1 aliphatic rings. The Hall–Kier alpha value is -3.85. The summed E-state index contributed by atoms with van der Waals surface area (Å²) in [5.74, 6) is 0.265. The number of halogens is 1. The number of urea groups is 1. The summed E-state index contributed by atoms with van der Waals surface area (Å²) in [6.45, 7) is 0. The van der Waals surface area contributed by atoms with E-state index in [1.54, 1.807) is 41.6 Å². The number of aliphatic imine (C=N–C) groups is 1. The number of ether oxygens (including phenoxy) is 1. The van der Waals surface area contributed by atoms with Gasteiger partial charge in [-0.1, -0.05) is 0 Å². The maximum absolute atomic E-state index is 14.4. The number of rotatable bonds is 4. The van der Waals surface area contributed by atoms with Gasteiger partial charge in [0.25, 0.3) is 0 Å². The first-order chi connectivity index (χ1) is 14.0. The van der Waals surface area contributed by atoms with Crippen molar-refractivity contribution in [3.63, 3.8) is 0 Å². The molecule has 1 unspecified atom stereocenters. The number of hydrogen-bond acceptors (Lipinski definition) is 6. The van der Waals surface area contributed by atoms with Crippen LogP contribution in [-0.2, 0) is 0 Å². The van der Waals surface area contributed by atoms with E-state index in [1.807, 2.05) is 0 Å². The highest BCUT2D eigenvalue weighted by atomic mass is 19.1. The first-order valence-corrected chi connectivity index (χ1v) is 8.68. The molecule has 1 aliphatic heterocycles. The molecule has 8 nitrogen and oxygen atoms in total. The van der Waals surface area contributed by atoms with Gasteiger partial charge in [0.2, 0.25) is 5.88 Å². The van der Waals surface area contributed by atoms with Crippen LogP contribution in [0.4, 0.5) is 32.1 Å². The lowest BCUT2D eigenvalue weighted by Gasteiger charge is -2.29. The van der Waals surface area contributed by atoms with Gasteiger partial charge in [-0.3, -0.25) is 4.90 Å². The maximum atomic E-state index is 14.4. The highest BCUT2D eigenvalue weighted by molar-refractivity contribution is 5.99. The van der Waals surface area contributed by atoms with Crippen LogP contribution < -0.4 is 26.0 Å². The Bertz CT molecular complexity index is 1080. The summed E-state index contributed by atoms with van der Waals surface area (Å²) in [6.07, 6.45) is 2.62. The number of carbonyl (C=O) groups is 1. The van der Waals surface area contributed by atoms with E-state index in [9.17, 15) is 9.18 Å². The van der Waals surface area contributed by atoms with E-state index in [0.29, 0.717) is 17.3 Å². The third-order valence-corrected chi connectivity index (χ3v) is 4.61. The van der Waals surface area contributed by atoms with Crippen LogP contribution in [-0.4, -0.2) is 19.5 Å². The molecule has 1 atom stereocenters. The van der Waals surface area contributed by atoms with Gasteiger partial charge >= 0.3 is 6.03 Å². The number of fused-ring (bicyclic) bond motifs is 1. The molecule has 2 amide bonds. The van der Waals surface area contributed by atoms with E-state index in [4.69, 9.17) is 20.6 Å². The minimum Gasteiger partial charge on any atom is -0.497 e. The van der Waals surface area contributed by atoms with E-state index in [1.165, 1.54) is 31.6 Å². The van der Waals surface area contributed by atoms with E-state index in [2.05, 4.69) is 4.99 Å². The SMILES string of the molecule is COc1ccc(F)c(N(C(N)=O)c2ccc(N3C=Nc4occc4C3N)cc2)c1. The highest BCUT2D eigenvalue weighted by Gasteiger charge is 2.25. The Balaban J connectivity index is 1.67. The van der Waals surface area contributed by atoms with Gasteiger partial charge in [0.15, 0.2) is 0 Å². The smallest absolute Gasteiger partial charge is 0.323 e. The summed E-state index contributed by atoms with van der Waals surface area (Å²) in [6, 6.07) is 11.8. The molecule has 0 saturated carbocycles. The van der Waals surface area contributed by atoms with Crippen molar-refractivity contribution in [2.45, 2.75) is 6.17 Å². The van der Waals surface area contributed by atoms with E-state index in [-0.39, 0.29) is 5.69 Å². The third-order valence-electron chi connectivity index (χ3n) is 4.61. The standard InChI is InChI=1S/C20H18FN5O3/c1-28-14-6-7-16(21)17(10-14)26(20(23)27)13-4-2-12(3-5-13)25-11-24-19-15(18(25)22)8-9-29-19/h2-11,18H,22H2,1H3,(H2,23,27). The van der Waals surface area contributed by atoms with Crippen LogP contribution in [0.2, 0.25) is 0 Å². The van der Waals surface area contributed by atoms with Crippen molar-refractivity contribution in [3.05, 3.63) is 66.2 Å². The Kier molecular flexibility index (Phi) is 4.65. The first-order valence-electron chi connectivity index (χ1n) is 8.68. The average Bonchev–Trinajstić information content (AvgIpc) is 3.20. The summed E-state index contributed by atoms with van der Waals surface area (Å²) in [7, 11) is 1.45. The van der Waals surface area contributed by atoms with Gasteiger partial charge in [-0.2, -0.15) is 0 Å². The molecule has 0 saturated heterocycles. The summed E-state index contributed by atoms with van der Waals surface area (Å²) in [4.78, 5) is 19.1. The number of furan rings is 1. The molecule has 2 aromatic carbocycles. The molecule has 29 heavy (non-hydrogen) atoms. The van der Waals surface area contributed by atoms with Crippen molar-refractivity contribution in [1.82, 2.24) is 0 Å². The molecule has 0 aliphatic carbocycles. The Morgan fingerprint density at radius 3 is 2.69 bits per heavy atom. The maximum Gasteiger partial charge on any atom is 0.323 e. The molecular weight excluding hydrogens is 377 g/mol. The number of methoxy groups -OCH3 is 1. The van der Waals surface area contributed by atoms with E-state index < -0.39 is 18.0 Å². The van der Waals surface area contributed by atoms with E-state index >= 15 is 0 Å². The predicted octanol–water partition coefficient (Wildman–Crippen LogP) is 3.78. The topological polar surface area (TPSA) is 110 Å². The van der Waals surface area contributed by atoms with Crippen LogP contribution in [0.5, 0.6) is 5.75 Å². The van der Waals surface area contributed by atoms with Crippen molar-refractivity contribution in [3.8, 4) is 5.75 Å². The van der Waals surface area contributed by atoms with Gasteiger partial charge in [-0.05, 0) is 42.5 Å². The normalized spacial score (nSPS) is 15.1. The van der Waals surface area contributed by atoms with Crippen LogP contribution in [0.3, 0.4) is 0 Å². The minimum atomic E-state index is -0.829. The number of nitrogens with two attached hydrogens (primary N) is 2. The first kappa shape index (κ1) is 18.5. The summed E-state index contributed by atoms with van der Waals surface area (Å²) >= 11 is 0. The lowest BCUT2D eigenvalue weighted by Crippen LogP contribution is -2.35. The summed E-state index contributed by atoms with van der Waals surface area (Å²) in [5.41, 5.74) is 13.7. The van der Waals surface area contributed by atoms with Crippen molar-refractivity contribution >= 4 is 35.3 Å². The number of nitrogens with zero attached hydrogens (tertiary/aromatic N) is 3. The van der Waals surface area contributed by atoms with Crippen LogP contribution >= 0.6 is 0 Å². The number of carbonyl (C=O) groups excluding carboxylic acids is 1. The zero-order valence-corrected chi connectivity index (χ0v) is 15.4. The van der Waals surface area contributed by atoms with E-state index in [0.717, 1.165) is 16.2 Å². The van der Waals surface area contributed by atoms with Gasteiger partial charge in [0.05, 0.1) is 30.3 Å². The fourth-order valence-electron chi connectivity index (χ4n) is 3.15. The molecule has 9 heteroatoms. The highest BCUT2D eigenvalue weighted by Crippen LogP contribution is 2.36. The Morgan fingerprint density at radius 1 is 1.24 bits per heavy atom. The summed E-state index contributed by atoms with van der Waals surface area (Å²) in [5, 5.41) is 0. The number of anilines is 3. The molecule has 1 aromatic heterocycles.